The number of hydrogen-bond acceptors (Lipinski definition) is 5. The van der Waals surface area contributed by atoms with Crippen LogP contribution in [-0.4, -0.2) is 77.3 Å². The van der Waals surface area contributed by atoms with Crippen LogP contribution in [0.3, 0.4) is 0 Å². The summed E-state index contributed by atoms with van der Waals surface area (Å²) in [5.74, 6) is -1.41. The summed E-state index contributed by atoms with van der Waals surface area (Å²) < 4.78 is 0.919. The summed E-state index contributed by atoms with van der Waals surface area (Å²) in [4.78, 5) is 28.4. The Morgan fingerprint density at radius 3 is 2.30 bits per heavy atom. The van der Waals surface area contributed by atoms with Crippen LogP contribution in [-0.2, 0) is 9.59 Å². The van der Waals surface area contributed by atoms with E-state index in [1.807, 2.05) is 31.3 Å². The van der Waals surface area contributed by atoms with Crippen molar-refractivity contribution in [2.75, 3.05) is 27.2 Å². The van der Waals surface area contributed by atoms with Crippen LogP contribution >= 0.6 is 15.9 Å². The molecule has 2 rings (SSSR count). The van der Waals surface area contributed by atoms with Gasteiger partial charge in [0.05, 0.1) is 6.04 Å². The Bertz CT molecular complexity index is 647. The highest BCUT2D eigenvalue weighted by atomic mass is 79.9. The molecular formula is C19H28BrN3O4. The van der Waals surface area contributed by atoms with Crippen LogP contribution in [0.4, 0.5) is 0 Å². The number of piperidine rings is 1. The number of nitrogens with zero attached hydrogens (tertiary/aromatic N) is 2. The van der Waals surface area contributed by atoms with Crippen molar-refractivity contribution >= 4 is 27.7 Å². The van der Waals surface area contributed by atoms with Crippen LogP contribution in [0, 0.1) is 0 Å². The molecule has 0 unspecified atom stereocenters. The second kappa shape index (κ2) is 9.64. The second-order valence-corrected chi connectivity index (χ2v) is 8.07. The van der Waals surface area contributed by atoms with Crippen LogP contribution in [0.2, 0.25) is 0 Å². The monoisotopic (exact) mass is 441 g/mol. The molecule has 1 aliphatic rings. The predicted octanol–water partition coefficient (Wildman–Crippen LogP) is 0.901. The van der Waals surface area contributed by atoms with E-state index in [1.165, 1.54) is 4.90 Å². The average Bonchev–Trinajstić information content (AvgIpc) is 2.66. The van der Waals surface area contributed by atoms with E-state index in [9.17, 15) is 19.8 Å². The van der Waals surface area contributed by atoms with E-state index in [-0.39, 0.29) is 12.1 Å². The number of carbonyl (C=O) groups is 2. The first kappa shape index (κ1) is 21.8. The Hall–Kier alpha value is -1.48. The second-order valence-electron chi connectivity index (χ2n) is 7.16. The lowest BCUT2D eigenvalue weighted by atomic mass is 10.0. The molecule has 150 valence electrons. The summed E-state index contributed by atoms with van der Waals surface area (Å²) in [6.45, 7) is 3.50. The molecule has 1 fully saturated rings. The summed E-state index contributed by atoms with van der Waals surface area (Å²) in [6, 6.07) is 7.02. The van der Waals surface area contributed by atoms with E-state index in [1.54, 1.807) is 14.0 Å². The molecule has 0 saturated carbocycles. The first-order valence-electron chi connectivity index (χ1n) is 9.08. The van der Waals surface area contributed by atoms with E-state index in [0.29, 0.717) is 0 Å². The molecule has 0 aliphatic carbocycles. The third kappa shape index (κ3) is 5.75. The molecule has 0 spiro atoms. The lowest BCUT2D eigenvalue weighted by molar-refractivity contribution is -0.154. The van der Waals surface area contributed by atoms with Gasteiger partial charge >= 0.3 is 0 Å². The number of amides is 2. The van der Waals surface area contributed by atoms with Gasteiger partial charge in [-0.05, 0) is 57.6 Å². The van der Waals surface area contributed by atoms with Crippen molar-refractivity contribution in [1.82, 2.24) is 15.1 Å². The lowest BCUT2D eigenvalue weighted by Gasteiger charge is -2.36. The minimum atomic E-state index is -1.82. The third-order valence-corrected chi connectivity index (χ3v) is 5.66. The summed E-state index contributed by atoms with van der Waals surface area (Å²) >= 11 is 3.35. The van der Waals surface area contributed by atoms with Gasteiger partial charge in [-0.1, -0.05) is 28.1 Å². The van der Waals surface area contributed by atoms with Crippen molar-refractivity contribution in [2.24, 2.45) is 0 Å². The lowest BCUT2D eigenvalue weighted by Crippen LogP contribution is -2.53. The molecule has 3 N–H and O–H groups in total. The van der Waals surface area contributed by atoms with Crippen molar-refractivity contribution in [2.45, 2.75) is 44.1 Å². The SMILES string of the molecule is C[C@H](NC(=O)[C@H](O)[C@@H](O)C(=O)N(C)C1CCN(C)CC1)c1ccc(Br)cc1. The van der Waals surface area contributed by atoms with Gasteiger partial charge in [0.1, 0.15) is 0 Å². The van der Waals surface area contributed by atoms with Gasteiger partial charge in [-0.25, -0.2) is 0 Å². The zero-order valence-corrected chi connectivity index (χ0v) is 17.5. The van der Waals surface area contributed by atoms with Gasteiger partial charge in [0, 0.05) is 17.6 Å². The zero-order valence-electron chi connectivity index (χ0n) is 15.9. The van der Waals surface area contributed by atoms with Crippen molar-refractivity contribution in [3.05, 3.63) is 34.3 Å². The van der Waals surface area contributed by atoms with E-state index >= 15 is 0 Å². The van der Waals surface area contributed by atoms with E-state index in [2.05, 4.69) is 26.1 Å². The number of benzene rings is 1. The molecule has 1 aliphatic heterocycles. The molecule has 27 heavy (non-hydrogen) atoms. The first-order valence-corrected chi connectivity index (χ1v) is 9.87. The summed E-state index contributed by atoms with van der Waals surface area (Å²) in [5.41, 5.74) is 0.850. The first-order chi connectivity index (χ1) is 12.7. The van der Waals surface area contributed by atoms with Gasteiger partial charge in [0.25, 0.3) is 11.8 Å². The number of carbonyl (C=O) groups excluding carboxylic acids is 2. The molecule has 1 heterocycles. The minimum Gasteiger partial charge on any atom is -0.380 e. The van der Waals surface area contributed by atoms with Crippen LogP contribution in [0.25, 0.3) is 0 Å². The number of likely N-dealkylation sites (N-methyl/N-ethyl adjacent to an activating group) is 1. The summed E-state index contributed by atoms with van der Waals surface area (Å²) in [5, 5.41) is 23.0. The van der Waals surface area contributed by atoms with Crippen molar-refractivity contribution in [1.29, 1.82) is 0 Å². The number of likely N-dealkylation sites (tertiary alicyclic amines) is 1. The maximum atomic E-state index is 12.5. The average molecular weight is 442 g/mol. The molecule has 2 amide bonds. The highest BCUT2D eigenvalue weighted by Gasteiger charge is 2.35. The normalized spacial score (nSPS) is 19.2. The molecule has 1 aromatic rings. The number of hydrogen-bond donors (Lipinski definition) is 3. The van der Waals surface area contributed by atoms with Crippen molar-refractivity contribution in [3.63, 3.8) is 0 Å². The Kier molecular flexibility index (Phi) is 7.79. The fourth-order valence-corrected chi connectivity index (χ4v) is 3.45. The highest BCUT2D eigenvalue weighted by molar-refractivity contribution is 9.10. The van der Waals surface area contributed by atoms with Gasteiger partial charge in [-0.3, -0.25) is 9.59 Å². The molecule has 1 aromatic carbocycles. The Morgan fingerprint density at radius 2 is 1.74 bits per heavy atom. The number of nitrogens with one attached hydrogen (secondary N) is 1. The maximum Gasteiger partial charge on any atom is 0.254 e. The predicted molar refractivity (Wildman–Crippen MR) is 106 cm³/mol. The summed E-state index contributed by atoms with van der Waals surface area (Å²) in [7, 11) is 3.63. The zero-order chi connectivity index (χ0) is 20.1. The van der Waals surface area contributed by atoms with E-state index in [4.69, 9.17) is 0 Å². The highest BCUT2D eigenvalue weighted by Crippen LogP contribution is 2.18. The van der Waals surface area contributed by atoms with Crippen molar-refractivity contribution < 1.29 is 19.8 Å². The fraction of sp³-hybridized carbons (Fsp3) is 0.579. The molecule has 0 radical (unpaired) electrons. The molecule has 7 nitrogen and oxygen atoms in total. The molecule has 0 aromatic heterocycles. The number of aliphatic hydroxyl groups excluding tert-OH is 2. The van der Waals surface area contributed by atoms with Gasteiger partial charge in [-0.2, -0.15) is 0 Å². The summed E-state index contributed by atoms with van der Waals surface area (Å²) in [6.07, 6.45) is -2.00. The Labute approximate surface area is 168 Å². The molecular weight excluding hydrogens is 414 g/mol. The maximum absolute atomic E-state index is 12.5. The van der Waals surface area contributed by atoms with Crippen molar-refractivity contribution in [3.8, 4) is 0 Å². The van der Waals surface area contributed by atoms with E-state index in [0.717, 1.165) is 36.0 Å². The van der Waals surface area contributed by atoms with Gasteiger partial charge in [0.15, 0.2) is 12.2 Å². The van der Waals surface area contributed by atoms with E-state index < -0.39 is 24.0 Å². The number of halogens is 1. The molecule has 0 bridgehead atoms. The van der Waals surface area contributed by atoms with Crippen LogP contribution < -0.4 is 5.32 Å². The van der Waals surface area contributed by atoms with Gasteiger partial charge in [0.2, 0.25) is 0 Å². The van der Waals surface area contributed by atoms with Crippen LogP contribution in [0.15, 0.2) is 28.7 Å². The van der Waals surface area contributed by atoms with Gasteiger partial charge in [-0.15, -0.1) is 0 Å². The molecule has 1 saturated heterocycles. The Balaban J connectivity index is 1.92. The standard InChI is InChI=1S/C19H28BrN3O4/c1-12(13-4-6-14(20)7-5-13)21-18(26)16(24)17(25)19(27)23(3)15-8-10-22(2)11-9-15/h4-7,12,15-17,24-25H,8-11H2,1-3H3,(H,21,26)/t12-,16+,17+/m0/s1. The fourth-order valence-electron chi connectivity index (χ4n) is 3.18. The smallest absolute Gasteiger partial charge is 0.254 e. The van der Waals surface area contributed by atoms with Gasteiger partial charge < -0.3 is 25.3 Å². The topological polar surface area (TPSA) is 93.1 Å². The van der Waals surface area contributed by atoms with Crippen LogP contribution in [0.1, 0.15) is 31.4 Å². The minimum absolute atomic E-state index is 0.000278. The third-order valence-electron chi connectivity index (χ3n) is 5.13. The molecule has 3 atom stereocenters. The Morgan fingerprint density at radius 1 is 1.19 bits per heavy atom. The molecule has 8 heteroatoms. The quantitative estimate of drug-likeness (QED) is 0.609. The largest absolute Gasteiger partial charge is 0.380 e. The number of aliphatic hydroxyl groups is 2. The van der Waals surface area contributed by atoms with Crippen LogP contribution in [0.5, 0.6) is 0 Å². The number of rotatable bonds is 6.